The number of carbonyl (C=O) groups is 1. The maximum Gasteiger partial charge on any atom is 0.234 e. The summed E-state index contributed by atoms with van der Waals surface area (Å²) in [5.74, 6) is 1.19. The van der Waals surface area contributed by atoms with Gasteiger partial charge < -0.3 is 10.4 Å². The molecule has 0 aromatic rings. The average molecular weight is 388 g/mol. The molecule has 5 atom stereocenters. The summed E-state index contributed by atoms with van der Waals surface area (Å²) in [6.07, 6.45) is 2.71. The predicted octanol–water partition coefficient (Wildman–Crippen LogP) is -0.297. The van der Waals surface area contributed by atoms with Gasteiger partial charge in [0.05, 0.1) is 30.2 Å². The number of sulfone groups is 1. The molecule has 0 spiro atoms. The normalized spacial score (nSPS) is 39.0. The van der Waals surface area contributed by atoms with Crippen molar-refractivity contribution in [2.45, 2.75) is 51.3 Å². The second-order valence-corrected chi connectivity index (χ2v) is 10.6. The van der Waals surface area contributed by atoms with E-state index in [9.17, 15) is 18.3 Å². The van der Waals surface area contributed by atoms with Crippen molar-refractivity contribution in [3.63, 3.8) is 0 Å². The summed E-state index contributed by atoms with van der Waals surface area (Å²) in [5, 5.41) is 13.2. The molecular weight excluding hydrogens is 354 g/mol. The Labute approximate surface area is 157 Å². The van der Waals surface area contributed by atoms with Gasteiger partial charge in [0.25, 0.3) is 0 Å². The van der Waals surface area contributed by atoms with Gasteiger partial charge in [-0.2, -0.15) is 0 Å². The topological polar surface area (TPSA) is 90.0 Å². The molecule has 3 fully saturated rings. The Hall–Kier alpha value is -0.700. The van der Waals surface area contributed by atoms with Crippen molar-refractivity contribution in [1.29, 1.82) is 0 Å². The van der Waals surface area contributed by atoms with Gasteiger partial charge in [0.1, 0.15) is 0 Å². The second kappa shape index (κ2) is 8.12. The van der Waals surface area contributed by atoms with Crippen molar-refractivity contribution in [2.24, 2.45) is 11.8 Å². The molecule has 0 aromatic heterocycles. The number of hydrogen-bond donors (Lipinski definition) is 2. The first-order chi connectivity index (χ1) is 12.2. The van der Waals surface area contributed by atoms with Crippen molar-refractivity contribution >= 4 is 15.7 Å². The van der Waals surface area contributed by atoms with Crippen LogP contribution in [0.2, 0.25) is 0 Å². The van der Waals surface area contributed by atoms with E-state index in [1.807, 2.05) is 0 Å². The van der Waals surface area contributed by atoms with Gasteiger partial charge in [-0.15, -0.1) is 0 Å². The van der Waals surface area contributed by atoms with E-state index < -0.39 is 15.9 Å². The predicted molar refractivity (Wildman–Crippen MR) is 101 cm³/mol. The molecule has 2 saturated heterocycles. The molecule has 2 heterocycles. The Morgan fingerprint density at radius 1 is 1.12 bits per heavy atom. The van der Waals surface area contributed by atoms with Crippen molar-refractivity contribution in [2.75, 3.05) is 44.2 Å². The zero-order chi connectivity index (χ0) is 18.9. The minimum atomic E-state index is -3.12. The van der Waals surface area contributed by atoms with Crippen LogP contribution in [0.25, 0.3) is 0 Å². The fraction of sp³-hybridized carbons (Fsp3) is 0.944. The molecular formula is C18H33N3O4S. The number of piperazine rings is 1. The van der Waals surface area contributed by atoms with Crippen LogP contribution in [0.5, 0.6) is 0 Å². The lowest BCUT2D eigenvalue weighted by Gasteiger charge is -2.39. The number of nitrogens with zero attached hydrogens (tertiary/aromatic N) is 2. The largest absolute Gasteiger partial charge is 0.390 e. The van der Waals surface area contributed by atoms with Crippen LogP contribution in [0, 0.1) is 11.8 Å². The Morgan fingerprint density at radius 2 is 1.81 bits per heavy atom. The van der Waals surface area contributed by atoms with Gasteiger partial charge in [0, 0.05) is 32.2 Å². The van der Waals surface area contributed by atoms with Gasteiger partial charge >= 0.3 is 0 Å². The molecule has 5 unspecified atom stereocenters. The van der Waals surface area contributed by atoms with Gasteiger partial charge in [-0.3, -0.25) is 14.6 Å². The van der Waals surface area contributed by atoms with E-state index in [1.54, 1.807) is 0 Å². The molecule has 2 aliphatic heterocycles. The molecule has 26 heavy (non-hydrogen) atoms. The van der Waals surface area contributed by atoms with Crippen molar-refractivity contribution in [1.82, 2.24) is 15.1 Å². The van der Waals surface area contributed by atoms with Crippen LogP contribution in [-0.2, 0) is 14.6 Å². The molecule has 3 aliphatic rings. The van der Waals surface area contributed by atoms with Gasteiger partial charge in [0.2, 0.25) is 5.91 Å². The molecule has 7 nitrogen and oxygen atoms in total. The third-order valence-corrected chi connectivity index (χ3v) is 8.29. The van der Waals surface area contributed by atoms with Crippen LogP contribution < -0.4 is 5.32 Å². The first-order valence-corrected chi connectivity index (χ1v) is 11.7. The van der Waals surface area contributed by atoms with Crippen LogP contribution >= 0.6 is 0 Å². The van der Waals surface area contributed by atoms with Crippen LogP contribution in [0.15, 0.2) is 0 Å². The lowest BCUT2D eigenvalue weighted by molar-refractivity contribution is -0.124. The monoisotopic (exact) mass is 387 g/mol. The number of aliphatic hydroxyl groups excluding tert-OH is 1. The highest BCUT2D eigenvalue weighted by molar-refractivity contribution is 7.91. The number of aliphatic hydroxyl groups is 1. The fourth-order valence-corrected chi connectivity index (χ4v) is 6.49. The highest BCUT2D eigenvalue weighted by Gasteiger charge is 2.40. The summed E-state index contributed by atoms with van der Waals surface area (Å²) in [5.41, 5.74) is 0. The summed E-state index contributed by atoms with van der Waals surface area (Å²) in [6.45, 7) is 7.74. The standard InChI is InChI=1S/C18H33N3O4S/c1-13-4-3-5-15(14(13)2)19-18(23)10-20-6-8-21(9-7-20)16-11-26(24,25)12-17(16)22/h13-17,22H,3-12H2,1-2H3,(H,19,23). The molecule has 8 heteroatoms. The van der Waals surface area contributed by atoms with Crippen molar-refractivity contribution < 1.29 is 18.3 Å². The summed E-state index contributed by atoms with van der Waals surface area (Å²) in [7, 11) is -3.12. The highest BCUT2D eigenvalue weighted by atomic mass is 32.2. The SMILES string of the molecule is CC1CCCC(NC(=O)CN2CCN(C3CS(=O)(=O)CC3O)CC2)C1C. The highest BCUT2D eigenvalue weighted by Crippen LogP contribution is 2.29. The molecule has 1 amide bonds. The Balaban J connectivity index is 1.43. The van der Waals surface area contributed by atoms with Crippen LogP contribution in [-0.4, -0.2) is 91.6 Å². The van der Waals surface area contributed by atoms with Crippen LogP contribution in [0.4, 0.5) is 0 Å². The molecule has 0 aromatic carbocycles. The molecule has 0 bridgehead atoms. The van der Waals surface area contributed by atoms with E-state index in [0.29, 0.717) is 31.5 Å². The van der Waals surface area contributed by atoms with Gasteiger partial charge in [-0.1, -0.05) is 26.7 Å². The van der Waals surface area contributed by atoms with E-state index in [0.717, 1.165) is 19.5 Å². The van der Waals surface area contributed by atoms with E-state index in [1.165, 1.54) is 12.8 Å². The minimum Gasteiger partial charge on any atom is -0.390 e. The molecule has 150 valence electrons. The van der Waals surface area contributed by atoms with E-state index in [4.69, 9.17) is 0 Å². The summed E-state index contributed by atoms with van der Waals surface area (Å²) >= 11 is 0. The van der Waals surface area contributed by atoms with Gasteiger partial charge in [-0.25, -0.2) is 8.42 Å². The zero-order valence-corrected chi connectivity index (χ0v) is 16.7. The molecule has 3 rings (SSSR count). The van der Waals surface area contributed by atoms with Crippen molar-refractivity contribution in [3.05, 3.63) is 0 Å². The van der Waals surface area contributed by atoms with E-state index in [-0.39, 0.29) is 29.5 Å². The smallest absolute Gasteiger partial charge is 0.234 e. The number of rotatable bonds is 4. The minimum absolute atomic E-state index is 0.0480. The van der Waals surface area contributed by atoms with Crippen LogP contribution in [0.1, 0.15) is 33.1 Å². The average Bonchev–Trinajstić information content (AvgIpc) is 2.85. The van der Waals surface area contributed by atoms with Crippen molar-refractivity contribution in [3.8, 4) is 0 Å². The van der Waals surface area contributed by atoms with Gasteiger partial charge in [-0.05, 0) is 18.3 Å². The fourth-order valence-electron chi connectivity index (χ4n) is 4.65. The van der Waals surface area contributed by atoms with Gasteiger partial charge in [0.15, 0.2) is 9.84 Å². The number of nitrogens with one attached hydrogen (secondary N) is 1. The molecule has 2 N–H and O–H groups in total. The summed E-state index contributed by atoms with van der Waals surface area (Å²) < 4.78 is 23.4. The number of carbonyl (C=O) groups excluding carboxylic acids is 1. The molecule has 1 saturated carbocycles. The molecule has 1 aliphatic carbocycles. The zero-order valence-electron chi connectivity index (χ0n) is 15.9. The lowest BCUT2D eigenvalue weighted by Crippen LogP contribution is -2.55. The first kappa shape index (κ1) is 20.0. The lowest BCUT2D eigenvalue weighted by atomic mass is 9.78. The quantitative estimate of drug-likeness (QED) is 0.689. The maximum absolute atomic E-state index is 12.4. The Kier molecular flexibility index (Phi) is 6.26. The Morgan fingerprint density at radius 3 is 2.42 bits per heavy atom. The first-order valence-electron chi connectivity index (χ1n) is 9.89. The van der Waals surface area contributed by atoms with E-state index in [2.05, 4.69) is 29.0 Å². The van der Waals surface area contributed by atoms with E-state index >= 15 is 0 Å². The third-order valence-electron chi connectivity index (χ3n) is 6.59. The Bertz CT molecular complexity index is 604. The maximum atomic E-state index is 12.4. The third kappa shape index (κ3) is 4.77. The second-order valence-electron chi connectivity index (χ2n) is 8.47. The summed E-state index contributed by atoms with van der Waals surface area (Å²) in [6, 6.07) is -0.00747. The van der Waals surface area contributed by atoms with Crippen LogP contribution in [0.3, 0.4) is 0 Å². The number of hydrogen-bond acceptors (Lipinski definition) is 6. The summed E-state index contributed by atoms with van der Waals surface area (Å²) in [4.78, 5) is 16.6. The molecule has 0 radical (unpaired) electrons. The number of amides is 1.